The summed E-state index contributed by atoms with van der Waals surface area (Å²) < 4.78 is 0. The van der Waals surface area contributed by atoms with Gasteiger partial charge in [-0.25, -0.2) is 0 Å². The van der Waals surface area contributed by atoms with Crippen LogP contribution in [0, 0.1) is 0 Å². The van der Waals surface area contributed by atoms with E-state index in [9.17, 15) is 0 Å². The predicted molar refractivity (Wildman–Crippen MR) is 54.0 cm³/mol. The Kier molecular flexibility index (Phi) is 3.86. The van der Waals surface area contributed by atoms with Crippen molar-refractivity contribution in [3.8, 4) is 0 Å². The van der Waals surface area contributed by atoms with E-state index in [1.54, 1.807) is 0 Å². The molecule has 1 heteroatoms. The molecule has 0 spiro atoms. The SMILES string of the molecule is CC=CCC=Nc1ccccc1. The van der Waals surface area contributed by atoms with Crippen LogP contribution >= 0.6 is 0 Å². The third-order valence-electron chi connectivity index (χ3n) is 1.47. The maximum atomic E-state index is 4.27. The largest absolute Gasteiger partial charge is 0.261 e. The fourth-order valence-corrected chi connectivity index (χ4v) is 0.869. The Morgan fingerprint density at radius 3 is 2.67 bits per heavy atom. The zero-order chi connectivity index (χ0) is 8.65. The van der Waals surface area contributed by atoms with Crippen molar-refractivity contribution in [3.63, 3.8) is 0 Å². The Labute approximate surface area is 73.5 Å². The van der Waals surface area contributed by atoms with Crippen LogP contribution in [0.5, 0.6) is 0 Å². The molecule has 1 rings (SSSR count). The molecule has 0 unspecified atom stereocenters. The minimum atomic E-state index is 0.908. The van der Waals surface area contributed by atoms with Crippen LogP contribution in [0.25, 0.3) is 0 Å². The Balaban J connectivity index is 2.47. The highest BCUT2D eigenvalue weighted by Gasteiger charge is 1.80. The number of allylic oxidation sites excluding steroid dienone is 2. The minimum Gasteiger partial charge on any atom is -0.261 e. The third-order valence-corrected chi connectivity index (χ3v) is 1.47. The highest BCUT2D eigenvalue weighted by Crippen LogP contribution is 2.08. The molecule has 0 heterocycles. The second kappa shape index (κ2) is 5.30. The average molecular weight is 159 g/mol. The molecule has 1 nitrogen and oxygen atoms in total. The van der Waals surface area contributed by atoms with Crippen molar-refractivity contribution < 1.29 is 0 Å². The van der Waals surface area contributed by atoms with Gasteiger partial charge in [0.15, 0.2) is 0 Å². The second-order valence-corrected chi connectivity index (χ2v) is 2.45. The molecule has 0 amide bonds. The lowest BCUT2D eigenvalue weighted by Crippen LogP contribution is -1.68. The number of nitrogens with zero attached hydrogens (tertiary/aromatic N) is 1. The summed E-state index contributed by atoms with van der Waals surface area (Å²) in [6.07, 6.45) is 6.92. The number of rotatable bonds is 3. The van der Waals surface area contributed by atoms with Crippen LogP contribution in [-0.4, -0.2) is 6.21 Å². The van der Waals surface area contributed by atoms with E-state index < -0.39 is 0 Å². The van der Waals surface area contributed by atoms with E-state index in [-0.39, 0.29) is 0 Å². The van der Waals surface area contributed by atoms with Crippen LogP contribution in [-0.2, 0) is 0 Å². The Bertz CT molecular complexity index is 260. The molecular weight excluding hydrogens is 146 g/mol. The summed E-state index contributed by atoms with van der Waals surface area (Å²) in [7, 11) is 0. The number of hydrogen-bond donors (Lipinski definition) is 0. The van der Waals surface area contributed by atoms with Gasteiger partial charge in [-0.15, -0.1) is 0 Å². The lowest BCUT2D eigenvalue weighted by Gasteiger charge is -1.88. The molecule has 12 heavy (non-hydrogen) atoms. The quantitative estimate of drug-likeness (QED) is 0.473. The van der Waals surface area contributed by atoms with Gasteiger partial charge in [0.05, 0.1) is 5.69 Å². The Hall–Kier alpha value is -1.37. The van der Waals surface area contributed by atoms with Crippen molar-refractivity contribution >= 4 is 11.9 Å². The van der Waals surface area contributed by atoms with E-state index in [4.69, 9.17) is 0 Å². The summed E-state index contributed by atoms with van der Waals surface area (Å²) in [6, 6.07) is 9.95. The van der Waals surface area contributed by atoms with Crippen molar-refractivity contribution in [2.75, 3.05) is 0 Å². The van der Waals surface area contributed by atoms with E-state index in [1.165, 1.54) is 0 Å². The van der Waals surface area contributed by atoms with Crippen molar-refractivity contribution in [2.24, 2.45) is 4.99 Å². The summed E-state index contributed by atoms with van der Waals surface area (Å²) in [5, 5.41) is 0. The first-order valence-corrected chi connectivity index (χ1v) is 4.12. The van der Waals surface area contributed by atoms with Crippen LogP contribution in [0.4, 0.5) is 5.69 Å². The monoisotopic (exact) mass is 159 g/mol. The summed E-state index contributed by atoms with van der Waals surface area (Å²) in [5.74, 6) is 0. The zero-order valence-electron chi connectivity index (χ0n) is 7.27. The van der Waals surface area contributed by atoms with Crippen LogP contribution in [0.15, 0.2) is 47.5 Å². The van der Waals surface area contributed by atoms with Gasteiger partial charge in [-0.3, -0.25) is 4.99 Å². The zero-order valence-corrected chi connectivity index (χ0v) is 7.27. The molecule has 0 atom stereocenters. The van der Waals surface area contributed by atoms with Gasteiger partial charge >= 0.3 is 0 Å². The summed E-state index contributed by atoms with van der Waals surface area (Å²) in [5.41, 5.74) is 1.02. The average Bonchev–Trinajstić information content (AvgIpc) is 2.14. The third kappa shape index (κ3) is 3.15. The smallest absolute Gasteiger partial charge is 0.0625 e. The fraction of sp³-hybridized carbons (Fsp3) is 0.182. The molecule has 0 fully saturated rings. The van der Waals surface area contributed by atoms with Crippen molar-refractivity contribution in [1.29, 1.82) is 0 Å². The van der Waals surface area contributed by atoms with E-state index in [0.29, 0.717) is 0 Å². The number of benzene rings is 1. The molecule has 0 bridgehead atoms. The molecule has 1 aromatic rings. The molecule has 0 aliphatic rings. The molecule has 0 N–H and O–H groups in total. The first-order chi connectivity index (χ1) is 5.93. The first-order valence-electron chi connectivity index (χ1n) is 4.12. The van der Waals surface area contributed by atoms with Gasteiger partial charge in [-0.1, -0.05) is 30.4 Å². The Morgan fingerprint density at radius 2 is 2.00 bits per heavy atom. The standard InChI is InChI=1S/C11H13N/c1-2-3-7-10-12-11-8-5-4-6-9-11/h2-6,8-10H,7H2,1H3. The molecule has 0 saturated heterocycles. The van der Waals surface area contributed by atoms with Crippen molar-refractivity contribution in [2.45, 2.75) is 13.3 Å². The van der Waals surface area contributed by atoms with Gasteiger partial charge < -0.3 is 0 Å². The van der Waals surface area contributed by atoms with Gasteiger partial charge in [0.1, 0.15) is 0 Å². The topological polar surface area (TPSA) is 12.4 Å². The fourth-order valence-electron chi connectivity index (χ4n) is 0.869. The van der Waals surface area contributed by atoms with E-state index in [1.807, 2.05) is 49.5 Å². The van der Waals surface area contributed by atoms with Crippen LogP contribution in [0.3, 0.4) is 0 Å². The normalized spacial score (nSPS) is 11.4. The molecule has 0 saturated carbocycles. The summed E-state index contributed by atoms with van der Waals surface area (Å²) in [6.45, 7) is 2.01. The van der Waals surface area contributed by atoms with Gasteiger partial charge in [0.25, 0.3) is 0 Å². The molecule has 0 aromatic heterocycles. The van der Waals surface area contributed by atoms with Crippen molar-refractivity contribution in [3.05, 3.63) is 42.5 Å². The van der Waals surface area contributed by atoms with Crippen LogP contribution in [0.1, 0.15) is 13.3 Å². The van der Waals surface area contributed by atoms with E-state index in [0.717, 1.165) is 12.1 Å². The highest BCUT2D eigenvalue weighted by molar-refractivity contribution is 5.64. The lowest BCUT2D eigenvalue weighted by atomic mass is 10.3. The Morgan fingerprint density at radius 1 is 1.25 bits per heavy atom. The number of para-hydroxylation sites is 1. The van der Waals surface area contributed by atoms with Crippen molar-refractivity contribution in [1.82, 2.24) is 0 Å². The van der Waals surface area contributed by atoms with Gasteiger partial charge in [-0.2, -0.15) is 0 Å². The number of hydrogen-bond acceptors (Lipinski definition) is 1. The van der Waals surface area contributed by atoms with E-state index in [2.05, 4.69) is 11.1 Å². The molecule has 0 radical (unpaired) electrons. The maximum Gasteiger partial charge on any atom is 0.0625 e. The summed E-state index contributed by atoms with van der Waals surface area (Å²) >= 11 is 0. The highest BCUT2D eigenvalue weighted by atomic mass is 14.7. The predicted octanol–water partition coefficient (Wildman–Crippen LogP) is 3.36. The second-order valence-electron chi connectivity index (χ2n) is 2.45. The lowest BCUT2D eigenvalue weighted by molar-refractivity contribution is 1.44. The van der Waals surface area contributed by atoms with Gasteiger partial charge in [-0.05, 0) is 19.1 Å². The van der Waals surface area contributed by atoms with Crippen LogP contribution < -0.4 is 0 Å². The molecular formula is C11H13N. The molecule has 0 aliphatic carbocycles. The maximum absolute atomic E-state index is 4.27. The summed E-state index contributed by atoms with van der Waals surface area (Å²) in [4.78, 5) is 4.27. The molecule has 0 aliphatic heterocycles. The van der Waals surface area contributed by atoms with Gasteiger partial charge in [0.2, 0.25) is 0 Å². The van der Waals surface area contributed by atoms with Gasteiger partial charge in [0, 0.05) is 12.6 Å². The van der Waals surface area contributed by atoms with Crippen LogP contribution in [0.2, 0.25) is 0 Å². The molecule has 62 valence electrons. The number of aliphatic imine (C=N–C) groups is 1. The molecule has 1 aromatic carbocycles. The first kappa shape index (κ1) is 8.72. The van der Waals surface area contributed by atoms with E-state index >= 15 is 0 Å². The minimum absolute atomic E-state index is 0.908.